The second kappa shape index (κ2) is 5.14. The zero-order chi connectivity index (χ0) is 14.1. The number of carboxylic acids is 1. The van der Waals surface area contributed by atoms with E-state index in [2.05, 4.69) is 0 Å². The molecule has 1 N–H and O–H groups in total. The average Bonchev–Trinajstić information content (AvgIpc) is 2.47. The molecular formula is C17H13ClO2. The Bertz CT molecular complexity index is 689. The number of fused-ring (bicyclic) bond motifs is 1. The Hall–Kier alpha value is -2.06. The summed E-state index contributed by atoms with van der Waals surface area (Å²) < 4.78 is 0. The van der Waals surface area contributed by atoms with Gasteiger partial charge in [-0.15, -0.1) is 0 Å². The first-order chi connectivity index (χ1) is 9.65. The van der Waals surface area contributed by atoms with Gasteiger partial charge >= 0.3 is 5.97 Å². The van der Waals surface area contributed by atoms with Crippen molar-refractivity contribution in [1.29, 1.82) is 0 Å². The lowest BCUT2D eigenvalue weighted by atomic mass is 9.79. The minimum Gasteiger partial charge on any atom is -0.478 e. The molecule has 0 heterocycles. The summed E-state index contributed by atoms with van der Waals surface area (Å²) in [5.74, 6) is -0.812. The van der Waals surface area contributed by atoms with Crippen molar-refractivity contribution >= 4 is 23.6 Å². The summed E-state index contributed by atoms with van der Waals surface area (Å²) in [6.07, 6.45) is 2.24. The molecule has 1 aliphatic rings. The molecule has 0 bridgehead atoms. The maximum absolute atomic E-state index is 11.3. The van der Waals surface area contributed by atoms with Crippen LogP contribution in [0.15, 0.2) is 54.1 Å². The van der Waals surface area contributed by atoms with Gasteiger partial charge in [0, 0.05) is 16.5 Å². The van der Waals surface area contributed by atoms with Crippen molar-refractivity contribution in [3.05, 3.63) is 75.8 Å². The van der Waals surface area contributed by atoms with E-state index in [-0.39, 0.29) is 5.92 Å². The zero-order valence-electron chi connectivity index (χ0n) is 10.7. The fraction of sp³-hybridized carbons (Fsp3) is 0.118. The summed E-state index contributed by atoms with van der Waals surface area (Å²) in [5, 5.41) is 9.97. The SMILES string of the molecule is O=C(O)C1=Cc2ccc(Cl)cc2C(c2ccccc2)C1. The minimum atomic E-state index is -0.855. The monoisotopic (exact) mass is 284 g/mol. The van der Waals surface area contributed by atoms with Gasteiger partial charge in [-0.2, -0.15) is 0 Å². The van der Waals surface area contributed by atoms with Crippen LogP contribution in [0.4, 0.5) is 0 Å². The molecule has 1 atom stereocenters. The molecule has 0 aromatic heterocycles. The van der Waals surface area contributed by atoms with Crippen LogP contribution in [0.3, 0.4) is 0 Å². The molecule has 3 rings (SSSR count). The molecule has 1 aliphatic carbocycles. The molecule has 100 valence electrons. The van der Waals surface area contributed by atoms with Crippen LogP contribution in [0.5, 0.6) is 0 Å². The summed E-state index contributed by atoms with van der Waals surface area (Å²) in [7, 11) is 0. The van der Waals surface area contributed by atoms with E-state index in [0.717, 1.165) is 16.7 Å². The van der Waals surface area contributed by atoms with E-state index in [1.165, 1.54) is 0 Å². The second-order valence-corrected chi connectivity index (χ2v) is 5.35. The van der Waals surface area contributed by atoms with Crippen molar-refractivity contribution in [2.45, 2.75) is 12.3 Å². The number of hydrogen-bond donors (Lipinski definition) is 1. The van der Waals surface area contributed by atoms with Crippen LogP contribution in [0.2, 0.25) is 5.02 Å². The third-order valence-electron chi connectivity index (χ3n) is 3.65. The summed E-state index contributed by atoms with van der Waals surface area (Å²) >= 11 is 6.09. The van der Waals surface area contributed by atoms with Crippen LogP contribution in [0.1, 0.15) is 29.0 Å². The fourth-order valence-electron chi connectivity index (χ4n) is 2.69. The van der Waals surface area contributed by atoms with Gasteiger partial charge in [-0.3, -0.25) is 0 Å². The van der Waals surface area contributed by atoms with Crippen molar-refractivity contribution in [2.24, 2.45) is 0 Å². The van der Waals surface area contributed by atoms with Crippen molar-refractivity contribution in [1.82, 2.24) is 0 Å². The van der Waals surface area contributed by atoms with Gasteiger partial charge < -0.3 is 5.11 Å². The Morgan fingerprint density at radius 2 is 1.90 bits per heavy atom. The number of hydrogen-bond acceptors (Lipinski definition) is 1. The first-order valence-corrected chi connectivity index (χ1v) is 6.81. The van der Waals surface area contributed by atoms with Crippen molar-refractivity contribution in [3.8, 4) is 0 Å². The maximum atomic E-state index is 11.3. The van der Waals surface area contributed by atoms with Gasteiger partial charge in [0.1, 0.15) is 0 Å². The number of benzene rings is 2. The van der Waals surface area contributed by atoms with E-state index in [4.69, 9.17) is 11.6 Å². The molecule has 0 radical (unpaired) electrons. The third kappa shape index (κ3) is 2.35. The molecule has 2 aromatic rings. The first kappa shape index (κ1) is 12.9. The number of rotatable bonds is 2. The molecule has 0 saturated carbocycles. The maximum Gasteiger partial charge on any atom is 0.331 e. The highest BCUT2D eigenvalue weighted by molar-refractivity contribution is 6.30. The molecule has 0 aliphatic heterocycles. The van der Waals surface area contributed by atoms with Gasteiger partial charge in [0.05, 0.1) is 0 Å². The van der Waals surface area contributed by atoms with E-state index in [1.807, 2.05) is 42.5 Å². The molecule has 0 spiro atoms. The largest absolute Gasteiger partial charge is 0.478 e. The van der Waals surface area contributed by atoms with E-state index in [1.54, 1.807) is 12.1 Å². The van der Waals surface area contributed by atoms with Crippen LogP contribution in [0.25, 0.3) is 6.08 Å². The third-order valence-corrected chi connectivity index (χ3v) is 3.89. The smallest absolute Gasteiger partial charge is 0.331 e. The Morgan fingerprint density at radius 1 is 1.15 bits per heavy atom. The number of halogens is 1. The quantitative estimate of drug-likeness (QED) is 0.890. The van der Waals surface area contributed by atoms with Gasteiger partial charge in [-0.1, -0.05) is 48.0 Å². The van der Waals surface area contributed by atoms with E-state index >= 15 is 0 Å². The van der Waals surface area contributed by atoms with Crippen LogP contribution in [-0.2, 0) is 4.79 Å². The van der Waals surface area contributed by atoms with Gasteiger partial charge in [0.25, 0.3) is 0 Å². The molecule has 0 amide bonds. The standard InChI is InChI=1S/C17H13ClO2/c18-14-7-6-12-8-13(17(19)20)9-15(16(12)10-14)11-4-2-1-3-5-11/h1-8,10,15H,9H2,(H,19,20). The Kier molecular flexibility index (Phi) is 3.33. The predicted molar refractivity (Wildman–Crippen MR) is 80.0 cm³/mol. The Balaban J connectivity index is 2.15. The molecule has 2 aromatic carbocycles. The van der Waals surface area contributed by atoms with Crippen LogP contribution in [-0.4, -0.2) is 11.1 Å². The molecule has 2 nitrogen and oxygen atoms in total. The minimum absolute atomic E-state index is 0.0426. The average molecular weight is 285 g/mol. The molecule has 0 saturated heterocycles. The lowest BCUT2D eigenvalue weighted by Crippen LogP contribution is -2.13. The van der Waals surface area contributed by atoms with E-state index < -0.39 is 5.97 Å². The number of aliphatic carboxylic acids is 1. The van der Waals surface area contributed by atoms with Crippen LogP contribution < -0.4 is 0 Å². The number of carboxylic acid groups (broad SMARTS) is 1. The van der Waals surface area contributed by atoms with Gasteiger partial charge in [-0.25, -0.2) is 4.79 Å². The first-order valence-electron chi connectivity index (χ1n) is 6.43. The van der Waals surface area contributed by atoms with Crippen molar-refractivity contribution in [3.63, 3.8) is 0 Å². The molecular weight excluding hydrogens is 272 g/mol. The lowest BCUT2D eigenvalue weighted by molar-refractivity contribution is -0.132. The molecule has 1 unspecified atom stereocenters. The summed E-state index contributed by atoms with van der Waals surface area (Å²) in [4.78, 5) is 11.3. The van der Waals surface area contributed by atoms with E-state index in [0.29, 0.717) is 17.0 Å². The summed E-state index contributed by atoms with van der Waals surface area (Å²) in [6, 6.07) is 15.6. The molecule has 20 heavy (non-hydrogen) atoms. The Morgan fingerprint density at radius 3 is 2.60 bits per heavy atom. The highest BCUT2D eigenvalue weighted by Gasteiger charge is 2.25. The second-order valence-electron chi connectivity index (χ2n) is 4.92. The van der Waals surface area contributed by atoms with Gasteiger partial charge in [0.2, 0.25) is 0 Å². The topological polar surface area (TPSA) is 37.3 Å². The zero-order valence-corrected chi connectivity index (χ0v) is 11.5. The van der Waals surface area contributed by atoms with Crippen molar-refractivity contribution < 1.29 is 9.90 Å². The summed E-state index contributed by atoms with van der Waals surface area (Å²) in [6.45, 7) is 0. The van der Waals surface area contributed by atoms with Crippen LogP contribution >= 0.6 is 11.6 Å². The highest BCUT2D eigenvalue weighted by atomic mass is 35.5. The van der Waals surface area contributed by atoms with Gasteiger partial charge in [0.15, 0.2) is 0 Å². The number of carbonyl (C=O) groups is 1. The predicted octanol–water partition coefficient (Wildman–Crippen LogP) is 4.34. The normalized spacial score (nSPS) is 17.2. The van der Waals surface area contributed by atoms with Gasteiger partial charge in [-0.05, 0) is 41.3 Å². The molecule has 0 fully saturated rings. The Labute approximate surface area is 122 Å². The van der Waals surface area contributed by atoms with Crippen molar-refractivity contribution in [2.75, 3.05) is 0 Å². The van der Waals surface area contributed by atoms with Crippen LogP contribution in [0, 0.1) is 0 Å². The fourth-order valence-corrected chi connectivity index (χ4v) is 2.87. The highest BCUT2D eigenvalue weighted by Crippen LogP contribution is 2.39. The lowest BCUT2D eigenvalue weighted by Gasteiger charge is -2.25. The molecule has 3 heteroatoms. The van der Waals surface area contributed by atoms with E-state index in [9.17, 15) is 9.90 Å². The summed E-state index contributed by atoms with van der Waals surface area (Å²) in [5.41, 5.74) is 3.58.